The van der Waals surface area contributed by atoms with Crippen LogP contribution in [0.5, 0.6) is 5.75 Å². The zero-order valence-corrected chi connectivity index (χ0v) is 15.1. The molecule has 1 saturated carbocycles. The first-order valence-electron chi connectivity index (χ1n) is 8.36. The molecule has 0 amide bonds. The maximum absolute atomic E-state index is 6.56. The summed E-state index contributed by atoms with van der Waals surface area (Å²) in [6.45, 7) is 0.561. The molecule has 3 aromatic carbocycles. The van der Waals surface area contributed by atoms with Crippen molar-refractivity contribution in [1.82, 2.24) is 0 Å². The Morgan fingerprint density at radius 1 is 0.680 bits per heavy atom. The molecule has 25 heavy (non-hydrogen) atoms. The quantitative estimate of drug-likeness (QED) is 0.478. The molecule has 1 fully saturated rings. The third kappa shape index (κ3) is 3.40. The van der Waals surface area contributed by atoms with E-state index in [1.54, 1.807) is 0 Å². The van der Waals surface area contributed by atoms with Crippen LogP contribution >= 0.6 is 23.2 Å². The minimum absolute atomic E-state index is 0.112. The van der Waals surface area contributed by atoms with E-state index in [0.29, 0.717) is 6.61 Å². The predicted octanol–water partition coefficient (Wildman–Crippen LogP) is 6.32. The zero-order valence-electron chi connectivity index (χ0n) is 13.6. The van der Waals surface area contributed by atoms with Crippen molar-refractivity contribution in [3.63, 3.8) is 0 Å². The predicted molar refractivity (Wildman–Crippen MR) is 104 cm³/mol. The lowest BCUT2D eigenvalue weighted by atomic mass is 10.0. The molecule has 0 spiro atoms. The fourth-order valence-corrected chi connectivity index (χ4v) is 4.21. The second kappa shape index (κ2) is 6.74. The van der Waals surface area contributed by atoms with Gasteiger partial charge >= 0.3 is 0 Å². The SMILES string of the molecule is ClC1(Cl)C(c2ccccc2)C1c1ccc(OCc2ccccc2)cc1. The van der Waals surface area contributed by atoms with Gasteiger partial charge in [0.25, 0.3) is 0 Å². The highest BCUT2D eigenvalue weighted by Gasteiger charge is 2.64. The molecule has 4 rings (SSSR count). The molecule has 0 aromatic heterocycles. The summed E-state index contributed by atoms with van der Waals surface area (Å²) >= 11 is 13.1. The Kier molecular flexibility index (Phi) is 4.45. The Morgan fingerprint density at radius 3 is 1.80 bits per heavy atom. The van der Waals surface area contributed by atoms with Gasteiger partial charge < -0.3 is 4.74 Å². The van der Waals surface area contributed by atoms with Gasteiger partial charge in [0.2, 0.25) is 0 Å². The van der Waals surface area contributed by atoms with E-state index in [1.165, 1.54) is 5.56 Å². The number of rotatable bonds is 5. The van der Waals surface area contributed by atoms with E-state index in [2.05, 4.69) is 36.4 Å². The Balaban J connectivity index is 1.45. The molecule has 0 aliphatic heterocycles. The molecule has 2 unspecified atom stereocenters. The summed E-state index contributed by atoms with van der Waals surface area (Å²) in [5.41, 5.74) is 3.48. The largest absolute Gasteiger partial charge is 0.489 e. The monoisotopic (exact) mass is 368 g/mol. The van der Waals surface area contributed by atoms with Crippen molar-refractivity contribution in [2.24, 2.45) is 0 Å². The van der Waals surface area contributed by atoms with Crippen molar-refractivity contribution >= 4 is 23.2 Å². The Hall–Kier alpha value is -1.96. The van der Waals surface area contributed by atoms with E-state index in [0.717, 1.165) is 16.9 Å². The van der Waals surface area contributed by atoms with E-state index >= 15 is 0 Å². The smallest absolute Gasteiger partial charge is 0.133 e. The van der Waals surface area contributed by atoms with Gasteiger partial charge in [0.05, 0.1) is 0 Å². The molecule has 1 aliphatic carbocycles. The Morgan fingerprint density at radius 2 is 1.20 bits per heavy atom. The average molecular weight is 369 g/mol. The highest BCUT2D eigenvalue weighted by Crippen LogP contribution is 2.70. The highest BCUT2D eigenvalue weighted by molar-refractivity contribution is 6.52. The Bertz CT molecular complexity index is 829. The van der Waals surface area contributed by atoms with Gasteiger partial charge in [0.15, 0.2) is 0 Å². The molecule has 2 atom stereocenters. The minimum Gasteiger partial charge on any atom is -0.489 e. The molecule has 1 nitrogen and oxygen atoms in total. The molecular formula is C22H18Cl2O. The van der Waals surface area contributed by atoms with Crippen LogP contribution in [0.4, 0.5) is 0 Å². The maximum Gasteiger partial charge on any atom is 0.133 e. The standard InChI is InChI=1S/C22H18Cl2O/c23-22(24)20(17-9-5-2-6-10-17)21(22)18-11-13-19(14-12-18)25-15-16-7-3-1-4-8-16/h1-14,20-21H,15H2. The zero-order chi connectivity index (χ0) is 17.3. The van der Waals surface area contributed by atoms with Crippen LogP contribution in [0.15, 0.2) is 84.9 Å². The van der Waals surface area contributed by atoms with Crippen LogP contribution in [-0.4, -0.2) is 4.33 Å². The van der Waals surface area contributed by atoms with Crippen molar-refractivity contribution in [3.05, 3.63) is 102 Å². The minimum atomic E-state index is -0.742. The molecule has 0 heterocycles. The van der Waals surface area contributed by atoms with Gasteiger partial charge in [-0.3, -0.25) is 0 Å². The van der Waals surface area contributed by atoms with Crippen molar-refractivity contribution in [2.45, 2.75) is 22.8 Å². The normalized spacial score (nSPS) is 20.9. The molecule has 0 N–H and O–H groups in total. The topological polar surface area (TPSA) is 9.23 Å². The van der Waals surface area contributed by atoms with Crippen molar-refractivity contribution in [1.29, 1.82) is 0 Å². The summed E-state index contributed by atoms with van der Waals surface area (Å²) in [5.74, 6) is 1.09. The fourth-order valence-electron chi connectivity index (χ4n) is 3.33. The molecular weight excluding hydrogens is 351 g/mol. The molecule has 3 heteroatoms. The Labute approximate surface area is 158 Å². The maximum atomic E-state index is 6.56. The van der Waals surface area contributed by atoms with Gasteiger partial charge in [-0.2, -0.15) is 0 Å². The number of hydrogen-bond acceptors (Lipinski definition) is 1. The van der Waals surface area contributed by atoms with E-state index in [-0.39, 0.29) is 11.8 Å². The van der Waals surface area contributed by atoms with Gasteiger partial charge in [0, 0.05) is 11.8 Å². The number of alkyl halides is 2. The van der Waals surface area contributed by atoms with Crippen LogP contribution in [0.2, 0.25) is 0 Å². The van der Waals surface area contributed by atoms with Crippen molar-refractivity contribution in [3.8, 4) is 5.75 Å². The van der Waals surface area contributed by atoms with Gasteiger partial charge in [-0.05, 0) is 28.8 Å². The number of halogens is 2. The van der Waals surface area contributed by atoms with E-state index in [1.807, 2.05) is 48.5 Å². The van der Waals surface area contributed by atoms with Crippen LogP contribution in [0, 0.1) is 0 Å². The molecule has 126 valence electrons. The van der Waals surface area contributed by atoms with Gasteiger partial charge in [-0.25, -0.2) is 0 Å². The highest BCUT2D eigenvalue weighted by atomic mass is 35.5. The summed E-state index contributed by atoms with van der Waals surface area (Å²) in [5, 5.41) is 0. The van der Waals surface area contributed by atoms with E-state index < -0.39 is 4.33 Å². The third-order valence-corrected chi connectivity index (χ3v) is 5.64. The number of hydrogen-bond donors (Lipinski definition) is 0. The molecule has 3 aromatic rings. The second-order valence-electron chi connectivity index (χ2n) is 6.38. The van der Waals surface area contributed by atoms with Crippen LogP contribution in [0.1, 0.15) is 28.5 Å². The van der Waals surface area contributed by atoms with Gasteiger partial charge in [-0.1, -0.05) is 72.8 Å². The summed E-state index contributed by atoms with van der Waals surface area (Å²) in [7, 11) is 0. The lowest BCUT2D eigenvalue weighted by Crippen LogP contribution is -1.95. The van der Waals surface area contributed by atoms with Crippen LogP contribution in [0.25, 0.3) is 0 Å². The molecule has 1 aliphatic rings. The number of benzene rings is 3. The molecule has 0 saturated heterocycles. The van der Waals surface area contributed by atoms with Gasteiger partial charge in [0.1, 0.15) is 16.7 Å². The first-order chi connectivity index (χ1) is 12.2. The summed E-state index contributed by atoms with van der Waals surface area (Å²) in [6, 6.07) is 28.5. The first-order valence-corrected chi connectivity index (χ1v) is 9.11. The third-order valence-electron chi connectivity index (χ3n) is 4.70. The number of ether oxygens (including phenoxy) is 1. The van der Waals surface area contributed by atoms with E-state index in [9.17, 15) is 0 Å². The lowest BCUT2D eigenvalue weighted by Gasteiger charge is -2.07. The van der Waals surface area contributed by atoms with Crippen LogP contribution < -0.4 is 4.74 Å². The second-order valence-corrected chi connectivity index (χ2v) is 7.83. The summed E-state index contributed by atoms with van der Waals surface area (Å²) < 4.78 is 5.10. The summed E-state index contributed by atoms with van der Waals surface area (Å²) in [6.07, 6.45) is 0. The van der Waals surface area contributed by atoms with Crippen molar-refractivity contribution in [2.75, 3.05) is 0 Å². The average Bonchev–Trinajstić information content (AvgIpc) is 3.24. The van der Waals surface area contributed by atoms with Crippen LogP contribution in [-0.2, 0) is 6.61 Å². The van der Waals surface area contributed by atoms with Crippen LogP contribution in [0.3, 0.4) is 0 Å². The molecule has 0 bridgehead atoms. The van der Waals surface area contributed by atoms with E-state index in [4.69, 9.17) is 27.9 Å². The van der Waals surface area contributed by atoms with Crippen molar-refractivity contribution < 1.29 is 4.74 Å². The fraction of sp³-hybridized carbons (Fsp3) is 0.182. The lowest BCUT2D eigenvalue weighted by molar-refractivity contribution is 0.306. The first kappa shape index (κ1) is 16.5. The van der Waals surface area contributed by atoms with Gasteiger partial charge in [-0.15, -0.1) is 23.2 Å². The molecule has 0 radical (unpaired) electrons. The summed E-state index contributed by atoms with van der Waals surface area (Å²) in [4.78, 5) is 0.